The fourth-order valence-corrected chi connectivity index (χ4v) is 4.11. The van der Waals surface area contributed by atoms with Crippen molar-refractivity contribution in [3.8, 4) is 0 Å². The number of likely N-dealkylation sites (N-methyl/N-ethyl adjacent to an activating group) is 1. The lowest BCUT2D eigenvalue weighted by Crippen LogP contribution is -2.56. The molecule has 1 heterocycles. The van der Waals surface area contributed by atoms with Crippen LogP contribution >= 0.6 is 23.3 Å². The van der Waals surface area contributed by atoms with Crippen molar-refractivity contribution in [1.29, 1.82) is 0 Å². The summed E-state index contributed by atoms with van der Waals surface area (Å²) in [6, 6.07) is 0. The molecule has 7 heteroatoms. The maximum absolute atomic E-state index is 11.7. The molecule has 0 bridgehead atoms. The van der Waals surface area contributed by atoms with Crippen LogP contribution in [0.2, 0.25) is 0 Å². The van der Waals surface area contributed by atoms with Gasteiger partial charge in [-0.2, -0.15) is 4.37 Å². The van der Waals surface area contributed by atoms with E-state index in [0.29, 0.717) is 12.3 Å². The van der Waals surface area contributed by atoms with Crippen molar-refractivity contribution in [3.05, 3.63) is 5.82 Å². The number of carboxylic acid groups (broad SMARTS) is 1. The number of aryl methyl sites for hydroxylation is 1. The average molecular weight is 301 g/mol. The van der Waals surface area contributed by atoms with Crippen LogP contribution in [0.5, 0.6) is 0 Å². The molecule has 1 aliphatic rings. The van der Waals surface area contributed by atoms with Crippen molar-refractivity contribution < 1.29 is 9.90 Å². The van der Waals surface area contributed by atoms with E-state index in [9.17, 15) is 9.90 Å². The van der Waals surface area contributed by atoms with E-state index in [-0.39, 0.29) is 5.92 Å². The number of hydrogen-bond acceptors (Lipinski definition) is 6. The number of carbonyl (C=O) groups is 1. The van der Waals surface area contributed by atoms with Crippen LogP contribution in [0, 0.1) is 5.92 Å². The predicted octanol–water partition coefficient (Wildman–Crippen LogP) is 2.04. The molecule has 1 atom stereocenters. The summed E-state index contributed by atoms with van der Waals surface area (Å²) in [5.74, 6) is 0.850. The molecule has 2 N–H and O–H groups in total. The number of thioether (sulfide) groups is 1. The Bertz CT molecular complexity index is 448. The Morgan fingerprint density at radius 3 is 2.79 bits per heavy atom. The van der Waals surface area contributed by atoms with Gasteiger partial charge in [0.25, 0.3) is 0 Å². The molecule has 1 aliphatic carbocycles. The van der Waals surface area contributed by atoms with Crippen molar-refractivity contribution in [2.75, 3.05) is 12.3 Å². The molecule has 5 nitrogen and oxygen atoms in total. The first kappa shape index (κ1) is 14.7. The summed E-state index contributed by atoms with van der Waals surface area (Å²) >= 11 is 2.86. The lowest BCUT2D eigenvalue weighted by atomic mass is 9.96. The first-order valence-electron chi connectivity index (χ1n) is 6.56. The third kappa shape index (κ3) is 3.27. The minimum atomic E-state index is -0.808. The second kappa shape index (κ2) is 6.19. The molecular weight excluding hydrogens is 282 g/mol. The fourth-order valence-electron chi connectivity index (χ4n) is 2.13. The Balaban J connectivity index is 2.05. The maximum Gasteiger partial charge on any atom is 0.325 e. The Labute approximate surface area is 121 Å². The highest BCUT2D eigenvalue weighted by molar-refractivity contribution is 8.01. The summed E-state index contributed by atoms with van der Waals surface area (Å²) in [4.78, 5) is 16.0. The van der Waals surface area contributed by atoms with Crippen LogP contribution < -0.4 is 5.32 Å². The van der Waals surface area contributed by atoms with E-state index < -0.39 is 11.5 Å². The second-order valence-electron chi connectivity index (χ2n) is 4.70. The number of rotatable bonds is 8. The smallest absolute Gasteiger partial charge is 0.325 e. The minimum absolute atomic E-state index is 0.246. The molecule has 1 aromatic heterocycles. The molecule has 1 unspecified atom stereocenters. The van der Waals surface area contributed by atoms with E-state index in [2.05, 4.69) is 14.7 Å². The zero-order valence-electron chi connectivity index (χ0n) is 11.2. The van der Waals surface area contributed by atoms with E-state index in [1.54, 1.807) is 0 Å². The molecule has 0 aromatic carbocycles. The Hall–Kier alpha value is -0.660. The number of hydrogen-bond donors (Lipinski definition) is 2. The Morgan fingerprint density at radius 2 is 2.32 bits per heavy atom. The number of aromatic nitrogens is 2. The number of aliphatic carboxylic acids is 1. The maximum atomic E-state index is 11.7. The monoisotopic (exact) mass is 301 g/mol. The normalized spacial score (nSPS) is 18.2. The van der Waals surface area contributed by atoms with Crippen LogP contribution in [0.15, 0.2) is 4.34 Å². The first-order valence-corrected chi connectivity index (χ1v) is 8.32. The molecule has 19 heavy (non-hydrogen) atoms. The number of nitrogens with zero attached hydrogens (tertiary/aromatic N) is 2. The van der Waals surface area contributed by atoms with Gasteiger partial charge in [-0.15, -0.1) is 0 Å². The van der Waals surface area contributed by atoms with Crippen molar-refractivity contribution in [2.45, 2.75) is 43.0 Å². The van der Waals surface area contributed by atoms with Gasteiger partial charge in [0.05, 0.1) is 0 Å². The van der Waals surface area contributed by atoms with Gasteiger partial charge in [0.2, 0.25) is 0 Å². The lowest BCUT2D eigenvalue weighted by molar-refractivity contribution is -0.144. The average Bonchev–Trinajstić information content (AvgIpc) is 3.14. The van der Waals surface area contributed by atoms with Crippen molar-refractivity contribution in [3.63, 3.8) is 0 Å². The van der Waals surface area contributed by atoms with Crippen molar-refractivity contribution in [1.82, 2.24) is 14.7 Å². The molecule has 0 spiro atoms. The Morgan fingerprint density at radius 1 is 1.58 bits per heavy atom. The summed E-state index contributed by atoms with van der Waals surface area (Å²) in [6.07, 6.45) is 2.81. The van der Waals surface area contributed by atoms with E-state index in [0.717, 1.165) is 29.4 Å². The minimum Gasteiger partial charge on any atom is -0.480 e. The van der Waals surface area contributed by atoms with E-state index in [1.807, 2.05) is 13.8 Å². The van der Waals surface area contributed by atoms with Crippen molar-refractivity contribution in [2.24, 2.45) is 5.92 Å². The third-order valence-electron chi connectivity index (χ3n) is 3.34. The van der Waals surface area contributed by atoms with Gasteiger partial charge in [-0.1, -0.05) is 25.6 Å². The van der Waals surface area contributed by atoms with E-state index in [4.69, 9.17) is 0 Å². The molecule has 106 valence electrons. The van der Waals surface area contributed by atoms with Gasteiger partial charge < -0.3 is 10.4 Å². The third-order valence-corrected chi connectivity index (χ3v) is 5.40. The van der Waals surface area contributed by atoms with Gasteiger partial charge in [0, 0.05) is 12.2 Å². The van der Waals surface area contributed by atoms with Gasteiger partial charge in [-0.3, -0.25) is 4.79 Å². The molecule has 0 aliphatic heterocycles. The lowest BCUT2D eigenvalue weighted by Gasteiger charge is -2.29. The molecular formula is C12H19N3O2S2. The molecule has 1 fully saturated rings. The van der Waals surface area contributed by atoms with E-state index >= 15 is 0 Å². The SMILES string of the molecule is CCNC(CSc1nc(CC)ns1)(C(=O)O)C1CC1. The summed E-state index contributed by atoms with van der Waals surface area (Å²) in [5, 5.41) is 12.8. The van der Waals surface area contributed by atoms with Crippen LogP contribution in [0.25, 0.3) is 0 Å². The van der Waals surface area contributed by atoms with Crippen LogP contribution in [0.3, 0.4) is 0 Å². The standard InChI is InChI=1S/C12H19N3O2S2/c1-3-9-14-11(19-15-9)18-7-12(10(16)17,13-4-2)8-5-6-8/h8,13H,3-7H2,1-2H3,(H,16,17). The zero-order valence-corrected chi connectivity index (χ0v) is 12.8. The summed E-state index contributed by atoms with van der Waals surface area (Å²) < 4.78 is 5.09. The van der Waals surface area contributed by atoms with Gasteiger partial charge in [-0.25, -0.2) is 4.98 Å². The topological polar surface area (TPSA) is 75.1 Å². The molecule has 1 saturated carbocycles. The van der Waals surface area contributed by atoms with E-state index in [1.165, 1.54) is 23.3 Å². The number of nitrogens with one attached hydrogen (secondary N) is 1. The quantitative estimate of drug-likeness (QED) is 0.716. The summed E-state index contributed by atoms with van der Waals surface area (Å²) in [6.45, 7) is 4.63. The van der Waals surface area contributed by atoms with Crippen LogP contribution in [-0.2, 0) is 11.2 Å². The molecule has 0 saturated heterocycles. The predicted molar refractivity (Wildman–Crippen MR) is 76.8 cm³/mol. The van der Waals surface area contributed by atoms with Crippen LogP contribution in [0.4, 0.5) is 0 Å². The highest BCUT2D eigenvalue weighted by Gasteiger charge is 2.50. The van der Waals surface area contributed by atoms with Gasteiger partial charge in [0.15, 0.2) is 4.34 Å². The van der Waals surface area contributed by atoms with Crippen LogP contribution in [0.1, 0.15) is 32.5 Å². The summed E-state index contributed by atoms with van der Waals surface area (Å²) in [5.41, 5.74) is -0.808. The summed E-state index contributed by atoms with van der Waals surface area (Å²) in [7, 11) is 0. The Kier molecular flexibility index (Phi) is 4.81. The fraction of sp³-hybridized carbons (Fsp3) is 0.750. The molecule has 0 radical (unpaired) electrons. The number of carboxylic acids is 1. The largest absolute Gasteiger partial charge is 0.480 e. The van der Waals surface area contributed by atoms with Gasteiger partial charge in [0.1, 0.15) is 11.4 Å². The second-order valence-corrected chi connectivity index (χ2v) is 6.67. The molecule has 1 aromatic rings. The first-order chi connectivity index (χ1) is 9.12. The zero-order chi connectivity index (χ0) is 13.9. The van der Waals surface area contributed by atoms with Gasteiger partial charge in [-0.05, 0) is 36.8 Å². The highest BCUT2D eigenvalue weighted by Crippen LogP contribution is 2.42. The molecule has 2 rings (SSSR count). The highest BCUT2D eigenvalue weighted by atomic mass is 32.2. The van der Waals surface area contributed by atoms with Gasteiger partial charge >= 0.3 is 5.97 Å². The van der Waals surface area contributed by atoms with Crippen molar-refractivity contribution >= 4 is 29.3 Å². The molecule has 0 amide bonds. The van der Waals surface area contributed by atoms with Crippen LogP contribution in [-0.4, -0.2) is 38.3 Å².